The summed E-state index contributed by atoms with van der Waals surface area (Å²) < 4.78 is 5.34. The van der Waals surface area contributed by atoms with Crippen LogP contribution in [0.1, 0.15) is 64.7 Å². The van der Waals surface area contributed by atoms with Crippen LogP contribution in [0.5, 0.6) is 0 Å². The number of ether oxygens (including phenoxy) is 1. The van der Waals surface area contributed by atoms with E-state index in [0.29, 0.717) is 24.2 Å². The molecule has 6 rings (SSSR count). The Balaban J connectivity index is 1.16. The molecule has 0 bridgehead atoms. The van der Waals surface area contributed by atoms with Crippen molar-refractivity contribution in [1.29, 1.82) is 0 Å². The molecule has 4 aliphatic carbocycles. The van der Waals surface area contributed by atoms with Gasteiger partial charge < -0.3 is 9.84 Å². The number of aromatic nitrogens is 4. The molecule has 4 saturated carbocycles. The molecule has 184 valence electrons. The van der Waals surface area contributed by atoms with E-state index in [1.165, 1.54) is 25.7 Å². The van der Waals surface area contributed by atoms with E-state index < -0.39 is 5.60 Å². The number of hydrogen-bond acceptors (Lipinski definition) is 6. The first kappa shape index (κ1) is 22.6. The molecule has 0 aliphatic heterocycles. The van der Waals surface area contributed by atoms with Crippen LogP contribution in [0, 0.1) is 40.9 Å². The molecule has 0 radical (unpaired) electrons. The Kier molecular flexibility index (Phi) is 5.56. The maximum atomic E-state index is 13.5. The van der Waals surface area contributed by atoms with Crippen LogP contribution in [0.15, 0.2) is 18.5 Å². The van der Waals surface area contributed by atoms with Crippen molar-refractivity contribution in [2.24, 2.45) is 40.9 Å². The zero-order chi connectivity index (χ0) is 23.5. The van der Waals surface area contributed by atoms with Gasteiger partial charge in [0.1, 0.15) is 17.6 Å². The van der Waals surface area contributed by atoms with E-state index in [1.807, 2.05) is 6.07 Å². The van der Waals surface area contributed by atoms with Crippen molar-refractivity contribution in [1.82, 2.24) is 20.0 Å². The minimum absolute atomic E-state index is 0.102. The van der Waals surface area contributed by atoms with Gasteiger partial charge >= 0.3 is 0 Å². The number of carbonyl (C=O) groups is 1. The van der Waals surface area contributed by atoms with Crippen LogP contribution in [0.3, 0.4) is 0 Å². The van der Waals surface area contributed by atoms with Crippen molar-refractivity contribution in [3.63, 3.8) is 0 Å². The van der Waals surface area contributed by atoms with Crippen LogP contribution in [0.25, 0.3) is 11.0 Å². The van der Waals surface area contributed by atoms with E-state index in [1.54, 1.807) is 24.3 Å². The van der Waals surface area contributed by atoms with Crippen molar-refractivity contribution in [2.75, 3.05) is 13.7 Å². The normalized spacial score (nSPS) is 41.6. The van der Waals surface area contributed by atoms with E-state index >= 15 is 0 Å². The Morgan fingerprint density at radius 2 is 1.91 bits per heavy atom. The number of fused-ring (bicyclic) bond motifs is 6. The van der Waals surface area contributed by atoms with Crippen LogP contribution in [0.2, 0.25) is 0 Å². The molecular formula is C27H38N4O3. The highest BCUT2D eigenvalue weighted by Gasteiger charge is 2.59. The summed E-state index contributed by atoms with van der Waals surface area (Å²) in [6.07, 6.45) is 13.4. The molecule has 0 saturated heterocycles. The largest absolute Gasteiger partial charge is 0.387 e. The number of carbonyl (C=O) groups excluding carboxylic acids is 1. The summed E-state index contributed by atoms with van der Waals surface area (Å²) in [5.74, 6) is 3.94. The summed E-state index contributed by atoms with van der Waals surface area (Å²) in [6, 6.07) is 1.84. The Bertz CT molecular complexity index is 1040. The van der Waals surface area contributed by atoms with Gasteiger partial charge in [-0.25, -0.2) is 0 Å². The minimum Gasteiger partial charge on any atom is -0.387 e. The molecular weight excluding hydrogens is 428 g/mol. The molecule has 2 aromatic heterocycles. The molecule has 2 heterocycles. The Morgan fingerprint density at radius 3 is 2.74 bits per heavy atom. The van der Waals surface area contributed by atoms with E-state index in [9.17, 15) is 9.90 Å². The second-order valence-corrected chi connectivity index (χ2v) is 12.1. The monoisotopic (exact) mass is 466 g/mol. The molecule has 8 atom stereocenters. The Hall–Kier alpha value is -1.86. The van der Waals surface area contributed by atoms with Crippen molar-refractivity contribution in [3.8, 4) is 0 Å². The molecule has 0 spiro atoms. The third-order valence-corrected chi connectivity index (χ3v) is 10.4. The molecule has 4 aliphatic rings. The van der Waals surface area contributed by atoms with Crippen molar-refractivity contribution in [2.45, 2.75) is 76.9 Å². The van der Waals surface area contributed by atoms with E-state index in [-0.39, 0.29) is 17.9 Å². The highest BCUT2D eigenvalue weighted by Crippen LogP contribution is 2.64. The van der Waals surface area contributed by atoms with Gasteiger partial charge in [-0.05, 0) is 98.9 Å². The number of nitrogens with zero attached hydrogens (tertiary/aromatic N) is 4. The van der Waals surface area contributed by atoms with Crippen molar-refractivity contribution < 1.29 is 14.6 Å². The zero-order valence-electron chi connectivity index (χ0n) is 20.5. The van der Waals surface area contributed by atoms with Crippen LogP contribution in [-0.4, -0.2) is 50.2 Å². The molecule has 0 amide bonds. The van der Waals surface area contributed by atoms with E-state index in [0.717, 1.165) is 60.9 Å². The van der Waals surface area contributed by atoms with Gasteiger partial charge in [0.15, 0.2) is 5.78 Å². The number of pyridine rings is 1. The lowest BCUT2D eigenvalue weighted by Gasteiger charge is -2.57. The minimum atomic E-state index is -0.627. The summed E-state index contributed by atoms with van der Waals surface area (Å²) in [5.41, 5.74) is 1.01. The van der Waals surface area contributed by atoms with Crippen LogP contribution < -0.4 is 0 Å². The van der Waals surface area contributed by atoms with E-state index in [4.69, 9.17) is 4.74 Å². The van der Waals surface area contributed by atoms with Gasteiger partial charge in [0.05, 0.1) is 18.4 Å². The maximum Gasteiger partial charge on any atom is 0.159 e. The average Bonchev–Trinajstić information content (AvgIpc) is 3.38. The number of hydrogen-bond donors (Lipinski definition) is 1. The lowest BCUT2D eigenvalue weighted by Crippen LogP contribution is -2.52. The molecule has 7 nitrogen and oxygen atoms in total. The van der Waals surface area contributed by atoms with Crippen molar-refractivity contribution >= 4 is 16.8 Å². The number of methoxy groups -OCH3 is 1. The Morgan fingerprint density at radius 1 is 1.09 bits per heavy atom. The molecule has 1 unspecified atom stereocenters. The van der Waals surface area contributed by atoms with Gasteiger partial charge in [-0.3, -0.25) is 9.78 Å². The smallest absolute Gasteiger partial charge is 0.159 e. The number of Topliss-reactive ketones (excluding diaryl/α,β-unsaturated/α-hetero) is 1. The first-order valence-electron chi connectivity index (χ1n) is 13.3. The summed E-state index contributed by atoms with van der Waals surface area (Å²) in [6.45, 7) is 3.13. The van der Waals surface area contributed by atoms with Gasteiger partial charge in [0.25, 0.3) is 0 Å². The second-order valence-electron chi connectivity index (χ2n) is 12.1. The fourth-order valence-electron chi connectivity index (χ4n) is 9.02. The molecule has 7 heteroatoms. The highest BCUT2D eigenvalue weighted by molar-refractivity contribution is 5.82. The predicted molar refractivity (Wildman–Crippen MR) is 128 cm³/mol. The lowest BCUT2D eigenvalue weighted by atomic mass is 9.49. The van der Waals surface area contributed by atoms with Gasteiger partial charge in [-0.2, -0.15) is 15.0 Å². The van der Waals surface area contributed by atoms with Crippen LogP contribution in [-0.2, 0) is 16.1 Å². The zero-order valence-corrected chi connectivity index (χ0v) is 20.5. The van der Waals surface area contributed by atoms with Gasteiger partial charge in [0, 0.05) is 19.2 Å². The Labute approximate surface area is 201 Å². The average molecular weight is 467 g/mol. The molecule has 1 N–H and O–H groups in total. The maximum absolute atomic E-state index is 13.5. The number of ketones is 1. The predicted octanol–water partition coefficient (Wildman–Crippen LogP) is 4.04. The molecule has 0 aromatic carbocycles. The first-order chi connectivity index (χ1) is 16.4. The standard InChI is InChI=1S/C27H38N4O3/c1-26-10-7-19-18-8-11-27(33,16-34-2)13-17(18)3-4-20(19)21(26)5-6-22(26)25(32)15-31-29-23-9-12-28-14-24(23)30-31/h9,12,14,17-22,33H,3-8,10-11,13,15-16H2,1-2H3/t17-,18+,19-,20-,21+,22-,26?,27-/m1/s1. The number of rotatable bonds is 5. The quantitative estimate of drug-likeness (QED) is 0.715. The van der Waals surface area contributed by atoms with Crippen LogP contribution >= 0.6 is 0 Å². The molecule has 34 heavy (non-hydrogen) atoms. The van der Waals surface area contributed by atoms with Gasteiger partial charge in [-0.15, -0.1) is 0 Å². The summed E-state index contributed by atoms with van der Waals surface area (Å²) >= 11 is 0. The topological polar surface area (TPSA) is 90.1 Å². The van der Waals surface area contributed by atoms with Gasteiger partial charge in [-0.1, -0.05) is 6.92 Å². The fraction of sp³-hybridized carbons (Fsp3) is 0.778. The fourth-order valence-corrected chi connectivity index (χ4v) is 9.02. The second kappa shape index (κ2) is 8.37. The first-order valence-corrected chi connectivity index (χ1v) is 13.3. The highest BCUT2D eigenvalue weighted by atomic mass is 16.5. The van der Waals surface area contributed by atoms with Crippen LogP contribution in [0.4, 0.5) is 0 Å². The summed E-state index contributed by atoms with van der Waals surface area (Å²) in [4.78, 5) is 19.2. The SMILES string of the molecule is COC[C@@]1(O)CC[C@H]2[C@H](CC[C@@H]3[C@@H]2CCC2(C)[C@@H](C(=O)Cn4nc5ccncc5n4)CC[C@@H]32)C1. The van der Waals surface area contributed by atoms with E-state index in [2.05, 4.69) is 22.1 Å². The third-order valence-electron chi connectivity index (χ3n) is 10.4. The molecule has 2 aromatic rings. The summed E-state index contributed by atoms with van der Waals surface area (Å²) in [7, 11) is 1.70. The van der Waals surface area contributed by atoms with Crippen molar-refractivity contribution in [3.05, 3.63) is 18.5 Å². The third kappa shape index (κ3) is 3.62. The lowest BCUT2D eigenvalue weighted by molar-refractivity contribution is -0.137. The summed E-state index contributed by atoms with van der Waals surface area (Å²) in [5, 5.41) is 20.0. The number of aliphatic hydroxyl groups is 1. The molecule has 4 fully saturated rings. The van der Waals surface area contributed by atoms with Gasteiger partial charge in [0.2, 0.25) is 0 Å².